The maximum atomic E-state index is 11.9. The molecule has 0 unspecified atom stereocenters. The first-order valence-electron chi connectivity index (χ1n) is 7.14. The summed E-state index contributed by atoms with van der Waals surface area (Å²) in [6.45, 7) is 2.37. The molecule has 2 rings (SSSR count). The summed E-state index contributed by atoms with van der Waals surface area (Å²) >= 11 is 0. The van der Waals surface area contributed by atoms with Crippen LogP contribution in [0.4, 0.5) is 0 Å². The second-order valence-corrected chi connectivity index (χ2v) is 6.04. The van der Waals surface area contributed by atoms with Gasteiger partial charge < -0.3 is 15.0 Å². The van der Waals surface area contributed by atoms with Crippen molar-refractivity contribution in [2.45, 2.75) is 44.1 Å². The minimum absolute atomic E-state index is 0.193. The summed E-state index contributed by atoms with van der Waals surface area (Å²) < 4.78 is 5.31. The van der Waals surface area contributed by atoms with E-state index in [0.29, 0.717) is 12.3 Å². The average molecular weight is 254 g/mol. The molecule has 0 spiro atoms. The first kappa shape index (κ1) is 13.8. The van der Waals surface area contributed by atoms with Gasteiger partial charge in [0.2, 0.25) is 5.91 Å². The van der Waals surface area contributed by atoms with Crippen molar-refractivity contribution in [3.05, 3.63) is 0 Å². The molecule has 1 saturated carbocycles. The van der Waals surface area contributed by atoms with Crippen LogP contribution in [0.5, 0.6) is 0 Å². The standard InChI is InChI=1S/C14H26N2O2/c1-16(2)14(6-3-4-7-14)11-15-13(17)9-12-5-8-18-10-12/h12H,3-11H2,1-2H3,(H,15,17)/t12-/m1/s1. The van der Waals surface area contributed by atoms with Gasteiger partial charge >= 0.3 is 0 Å². The van der Waals surface area contributed by atoms with Gasteiger partial charge in [-0.1, -0.05) is 12.8 Å². The van der Waals surface area contributed by atoms with Gasteiger partial charge in [-0.15, -0.1) is 0 Å². The summed E-state index contributed by atoms with van der Waals surface area (Å²) in [6, 6.07) is 0. The molecule has 2 aliphatic rings. The quantitative estimate of drug-likeness (QED) is 0.806. The van der Waals surface area contributed by atoms with E-state index in [1.54, 1.807) is 0 Å². The number of amides is 1. The molecule has 1 saturated heterocycles. The van der Waals surface area contributed by atoms with Crippen LogP contribution < -0.4 is 5.32 Å². The van der Waals surface area contributed by atoms with Crippen molar-refractivity contribution in [2.24, 2.45) is 5.92 Å². The number of ether oxygens (including phenoxy) is 1. The van der Waals surface area contributed by atoms with Crippen LogP contribution in [0.3, 0.4) is 0 Å². The van der Waals surface area contributed by atoms with E-state index in [1.165, 1.54) is 25.7 Å². The van der Waals surface area contributed by atoms with Crippen molar-refractivity contribution in [1.29, 1.82) is 0 Å². The van der Waals surface area contributed by atoms with Crippen molar-refractivity contribution < 1.29 is 9.53 Å². The summed E-state index contributed by atoms with van der Waals surface area (Å²) in [5.41, 5.74) is 0.196. The summed E-state index contributed by atoms with van der Waals surface area (Å²) in [4.78, 5) is 14.2. The third-order valence-electron chi connectivity index (χ3n) is 4.60. The fourth-order valence-corrected chi connectivity index (χ4v) is 3.16. The Balaban J connectivity index is 1.76. The topological polar surface area (TPSA) is 41.6 Å². The van der Waals surface area contributed by atoms with E-state index in [2.05, 4.69) is 24.3 Å². The van der Waals surface area contributed by atoms with Crippen molar-refractivity contribution >= 4 is 5.91 Å². The highest BCUT2D eigenvalue weighted by Gasteiger charge is 2.36. The lowest BCUT2D eigenvalue weighted by Crippen LogP contribution is -2.51. The fraction of sp³-hybridized carbons (Fsp3) is 0.929. The van der Waals surface area contributed by atoms with E-state index in [-0.39, 0.29) is 11.4 Å². The molecule has 0 bridgehead atoms. The lowest BCUT2D eigenvalue weighted by Gasteiger charge is -2.36. The van der Waals surface area contributed by atoms with Crippen LogP contribution in [-0.4, -0.2) is 50.2 Å². The van der Waals surface area contributed by atoms with Crippen LogP contribution in [0, 0.1) is 5.92 Å². The molecule has 1 aliphatic carbocycles. The molecule has 4 heteroatoms. The summed E-state index contributed by atoms with van der Waals surface area (Å²) in [5, 5.41) is 3.14. The summed E-state index contributed by atoms with van der Waals surface area (Å²) in [5.74, 6) is 0.627. The van der Waals surface area contributed by atoms with Gasteiger partial charge in [0.15, 0.2) is 0 Å². The Bertz CT molecular complexity index is 280. The van der Waals surface area contributed by atoms with Crippen LogP contribution in [0.1, 0.15) is 38.5 Å². The van der Waals surface area contributed by atoms with Crippen LogP contribution in [0.25, 0.3) is 0 Å². The van der Waals surface area contributed by atoms with E-state index in [1.807, 2.05) is 0 Å². The van der Waals surface area contributed by atoms with Gasteiger partial charge in [0.25, 0.3) is 0 Å². The first-order chi connectivity index (χ1) is 8.62. The summed E-state index contributed by atoms with van der Waals surface area (Å²) in [7, 11) is 4.25. The van der Waals surface area contributed by atoms with Crippen molar-refractivity contribution in [3.8, 4) is 0 Å². The molecule has 0 aromatic carbocycles. The smallest absolute Gasteiger partial charge is 0.220 e. The maximum absolute atomic E-state index is 11.9. The molecule has 1 amide bonds. The van der Waals surface area contributed by atoms with Gasteiger partial charge in [-0.05, 0) is 39.3 Å². The Hall–Kier alpha value is -0.610. The fourth-order valence-electron chi connectivity index (χ4n) is 3.16. The highest BCUT2D eigenvalue weighted by molar-refractivity contribution is 5.76. The van der Waals surface area contributed by atoms with Gasteiger partial charge in [-0.3, -0.25) is 4.79 Å². The number of nitrogens with one attached hydrogen (secondary N) is 1. The third kappa shape index (κ3) is 3.23. The molecule has 0 aromatic heterocycles. The Morgan fingerprint density at radius 3 is 2.67 bits per heavy atom. The van der Waals surface area contributed by atoms with Crippen LogP contribution in [0.15, 0.2) is 0 Å². The first-order valence-corrected chi connectivity index (χ1v) is 7.14. The average Bonchev–Trinajstić information content (AvgIpc) is 2.97. The van der Waals surface area contributed by atoms with Crippen molar-refractivity contribution in [1.82, 2.24) is 10.2 Å². The Morgan fingerprint density at radius 1 is 1.39 bits per heavy atom. The number of carbonyl (C=O) groups excluding carboxylic acids is 1. The molecule has 1 N–H and O–H groups in total. The van der Waals surface area contributed by atoms with E-state index < -0.39 is 0 Å². The van der Waals surface area contributed by atoms with Crippen LogP contribution in [0.2, 0.25) is 0 Å². The van der Waals surface area contributed by atoms with E-state index in [0.717, 1.165) is 26.2 Å². The van der Waals surface area contributed by atoms with E-state index >= 15 is 0 Å². The normalized spacial score (nSPS) is 26.7. The van der Waals surface area contributed by atoms with Crippen LogP contribution >= 0.6 is 0 Å². The zero-order chi connectivity index (χ0) is 13.0. The number of hydrogen-bond donors (Lipinski definition) is 1. The lowest BCUT2D eigenvalue weighted by molar-refractivity contribution is -0.122. The Kier molecular flexibility index (Phi) is 4.62. The molecule has 18 heavy (non-hydrogen) atoms. The SMILES string of the molecule is CN(C)C1(CNC(=O)C[C@H]2CCOC2)CCCC1. The van der Waals surface area contributed by atoms with Gasteiger partial charge in [-0.25, -0.2) is 0 Å². The number of carbonyl (C=O) groups is 1. The third-order valence-corrected chi connectivity index (χ3v) is 4.60. The van der Waals surface area contributed by atoms with Gasteiger partial charge in [0, 0.05) is 31.7 Å². The van der Waals surface area contributed by atoms with Gasteiger partial charge in [-0.2, -0.15) is 0 Å². The number of likely N-dealkylation sites (N-methyl/N-ethyl adjacent to an activating group) is 1. The molecule has 1 atom stereocenters. The Labute approximate surface area is 110 Å². The van der Waals surface area contributed by atoms with E-state index in [9.17, 15) is 4.79 Å². The molecule has 1 aliphatic heterocycles. The van der Waals surface area contributed by atoms with Crippen molar-refractivity contribution in [3.63, 3.8) is 0 Å². The highest BCUT2D eigenvalue weighted by atomic mass is 16.5. The predicted octanol–water partition coefficient (Wildman–Crippen LogP) is 1.40. The van der Waals surface area contributed by atoms with Gasteiger partial charge in [0.05, 0.1) is 0 Å². The molecule has 2 fully saturated rings. The van der Waals surface area contributed by atoms with Crippen LogP contribution in [-0.2, 0) is 9.53 Å². The largest absolute Gasteiger partial charge is 0.381 e. The molecule has 0 aromatic rings. The zero-order valence-electron chi connectivity index (χ0n) is 11.7. The predicted molar refractivity (Wildman–Crippen MR) is 71.4 cm³/mol. The zero-order valence-corrected chi connectivity index (χ0v) is 11.7. The molecule has 4 nitrogen and oxygen atoms in total. The molecule has 1 heterocycles. The second-order valence-electron chi connectivity index (χ2n) is 6.04. The number of rotatable bonds is 5. The van der Waals surface area contributed by atoms with Crippen molar-refractivity contribution in [2.75, 3.05) is 33.9 Å². The lowest BCUT2D eigenvalue weighted by atomic mass is 9.95. The summed E-state index contributed by atoms with van der Waals surface area (Å²) in [6.07, 6.45) is 6.63. The minimum Gasteiger partial charge on any atom is -0.381 e. The molecular formula is C14H26N2O2. The molecule has 0 radical (unpaired) electrons. The highest BCUT2D eigenvalue weighted by Crippen LogP contribution is 2.33. The second kappa shape index (κ2) is 6.02. The monoisotopic (exact) mass is 254 g/mol. The van der Waals surface area contributed by atoms with Gasteiger partial charge in [0.1, 0.15) is 0 Å². The maximum Gasteiger partial charge on any atom is 0.220 e. The number of hydrogen-bond acceptors (Lipinski definition) is 3. The molecular weight excluding hydrogens is 228 g/mol. The Morgan fingerprint density at radius 2 is 2.11 bits per heavy atom. The minimum atomic E-state index is 0.193. The van der Waals surface area contributed by atoms with E-state index in [4.69, 9.17) is 4.74 Å². The number of nitrogens with zero attached hydrogens (tertiary/aromatic N) is 1. The molecule has 104 valence electrons.